The SMILES string of the molecule is O=C(n1ccc2cc(OS(=O)(=O)c3ccc(F)cc3)ccc21)C12CC3CC(CC(C3)C1)C2. The molecule has 4 aliphatic carbocycles. The number of aromatic nitrogens is 1. The zero-order valence-electron chi connectivity index (χ0n) is 17.5. The van der Waals surface area contributed by atoms with E-state index in [4.69, 9.17) is 4.18 Å². The van der Waals surface area contributed by atoms with Crippen LogP contribution in [0.5, 0.6) is 5.75 Å². The van der Waals surface area contributed by atoms with Gasteiger partial charge in [0.05, 0.1) is 10.9 Å². The van der Waals surface area contributed by atoms with Crippen molar-refractivity contribution in [3.63, 3.8) is 0 Å². The highest BCUT2D eigenvalue weighted by Gasteiger charge is 2.55. The van der Waals surface area contributed by atoms with Gasteiger partial charge in [-0.05, 0) is 105 Å². The molecule has 0 unspecified atom stereocenters. The Balaban J connectivity index is 1.29. The van der Waals surface area contributed by atoms with Crippen molar-refractivity contribution in [1.82, 2.24) is 4.57 Å². The highest BCUT2D eigenvalue weighted by atomic mass is 32.2. The lowest BCUT2D eigenvalue weighted by Gasteiger charge is -2.55. The van der Waals surface area contributed by atoms with Crippen molar-refractivity contribution in [2.24, 2.45) is 23.2 Å². The van der Waals surface area contributed by atoms with Crippen molar-refractivity contribution in [2.75, 3.05) is 0 Å². The minimum atomic E-state index is -4.08. The molecule has 0 aliphatic heterocycles. The van der Waals surface area contributed by atoms with Crippen molar-refractivity contribution in [3.8, 4) is 5.75 Å². The molecule has 32 heavy (non-hydrogen) atoms. The molecule has 4 aliphatic rings. The van der Waals surface area contributed by atoms with Gasteiger partial charge < -0.3 is 4.18 Å². The van der Waals surface area contributed by atoms with Gasteiger partial charge in [-0.15, -0.1) is 0 Å². The van der Waals surface area contributed by atoms with Crippen molar-refractivity contribution < 1.29 is 21.8 Å². The summed E-state index contributed by atoms with van der Waals surface area (Å²) >= 11 is 0. The summed E-state index contributed by atoms with van der Waals surface area (Å²) < 4.78 is 45.2. The van der Waals surface area contributed by atoms with Crippen LogP contribution >= 0.6 is 0 Å². The van der Waals surface area contributed by atoms with E-state index >= 15 is 0 Å². The maximum absolute atomic E-state index is 13.7. The molecule has 0 spiro atoms. The number of fused-ring (bicyclic) bond motifs is 1. The monoisotopic (exact) mass is 453 g/mol. The van der Waals surface area contributed by atoms with Gasteiger partial charge in [-0.2, -0.15) is 8.42 Å². The molecule has 0 atom stereocenters. The van der Waals surface area contributed by atoms with Gasteiger partial charge >= 0.3 is 10.1 Å². The van der Waals surface area contributed by atoms with Gasteiger partial charge in [0, 0.05) is 11.6 Å². The van der Waals surface area contributed by atoms with Crippen molar-refractivity contribution in [1.29, 1.82) is 0 Å². The molecule has 0 saturated heterocycles. The third-order valence-electron chi connectivity index (χ3n) is 7.68. The fraction of sp³-hybridized carbons (Fsp3) is 0.400. The maximum Gasteiger partial charge on any atom is 0.339 e. The first kappa shape index (κ1) is 20.0. The zero-order valence-corrected chi connectivity index (χ0v) is 18.4. The van der Waals surface area contributed by atoms with Crippen LogP contribution in [-0.4, -0.2) is 18.9 Å². The third-order valence-corrected chi connectivity index (χ3v) is 8.94. The number of hydrogen-bond donors (Lipinski definition) is 0. The number of hydrogen-bond acceptors (Lipinski definition) is 4. The van der Waals surface area contributed by atoms with Crippen LogP contribution < -0.4 is 4.18 Å². The van der Waals surface area contributed by atoms with Gasteiger partial charge in [0.1, 0.15) is 16.5 Å². The van der Waals surface area contributed by atoms with E-state index in [9.17, 15) is 17.6 Å². The average molecular weight is 454 g/mol. The van der Waals surface area contributed by atoms with E-state index in [0.29, 0.717) is 17.8 Å². The van der Waals surface area contributed by atoms with Gasteiger partial charge in [-0.3, -0.25) is 9.36 Å². The number of carbonyl (C=O) groups is 1. The summed E-state index contributed by atoms with van der Waals surface area (Å²) in [5.74, 6) is 1.87. The summed E-state index contributed by atoms with van der Waals surface area (Å²) in [6.07, 6.45) is 8.62. The van der Waals surface area contributed by atoms with E-state index in [1.807, 2.05) is 6.07 Å². The molecule has 3 aromatic rings. The van der Waals surface area contributed by atoms with Crippen LogP contribution in [0.3, 0.4) is 0 Å². The number of carbonyl (C=O) groups excluding carboxylic acids is 1. The lowest BCUT2D eigenvalue weighted by molar-refractivity contribution is -0.0398. The Morgan fingerprint density at radius 1 is 0.938 bits per heavy atom. The summed E-state index contributed by atoms with van der Waals surface area (Å²) in [4.78, 5) is 13.6. The fourth-order valence-corrected chi connectivity index (χ4v) is 7.68. The molecule has 7 heteroatoms. The Bertz CT molecular complexity index is 1290. The van der Waals surface area contributed by atoms with E-state index in [1.54, 1.807) is 29.0 Å². The molecule has 1 heterocycles. The van der Waals surface area contributed by atoms with Crippen LogP contribution in [-0.2, 0) is 10.1 Å². The Kier molecular flexibility index (Phi) is 4.31. The van der Waals surface area contributed by atoms with Crippen molar-refractivity contribution >= 4 is 26.9 Å². The normalized spacial score (nSPS) is 28.8. The Morgan fingerprint density at radius 3 is 2.19 bits per heavy atom. The molecule has 1 aromatic heterocycles. The third kappa shape index (κ3) is 3.17. The molecule has 2 aromatic carbocycles. The van der Waals surface area contributed by atoms with Crippen LogP contribution in [0.25, 0.3) is 10.9 Å². The molecule has 166 valence electrons. The van der Waals surface area contributed by atoms with Gasteiger partial charge in [0.15, 0.2) is 0 Å². The predicted octanol–water partition coefficient (Wildman–Crippen LogP) is 5.40. The lowest BCUT2D eigenvalue weighted by Crippen LogP contribution is -2.51. The molecule has 4 bridgehead atoms. The second-order valence-electron chi connectivity index (χ2n) is 9.90. The minimum Gasteiger partial charge on any atom is -0.379 e. The average Bonchev–Trinajstić information content (AvgIpc) is 3.15. The van der Waals surface area contributed by atoms with Crippen molar-refractivity contribution in [3.05, 3.63) is 60.5 Å². The van der Waals surface area contributed by atoms with Gasteiger partial charge in [-0.1, -0.05) is 0 Å². The van der Waals surface area contributed by atoms with Crippen LogP contribution in [0, 0.1) is 29.0 Å². The molecule has 0 radical (unpaired) electrons. The Hall–Kier alpha value is -2.67. The van der Waals surface area contributed by atoms with E-state index in [-0.39, 0.29) is 22.0 Å². The lowest BCUT2D eigenvalue weighted by atomic mass is 9.49. The second-order valence-corrected chi connectivity index (χ2v) is 11.4. The molecule has 4 saturated carbocycles. The fourth-order valence-electron chi connectivity index (χ4n) is 6.75. The smallest absolute Gasteiger partial charge is 0.339 e. The summed E-state index contributed by atoms with van der Waals surface area (Å²) in [7, 11) is -4.08. The summed E-state index contributed by atoms with van der Waals surface area (Å²) in [5.41, 5.74) is 0.513. The molecule has 5 nitrogen and oxygen atoms in total. The van der Waals surface area contributed by atoms with Crippen LogP contribution in [0.2, 0.25) is 0 Å². The van der Waals surface area contributed by atoms with Crippen molar-refractivity contribution in [2.45, 2.75) is 43.4 Å². The van der Waals surface area contributed by atoms with Crippen LogP contribution in [0.15, 0.2) is 59.6 Å². The van der Waals surface area contributed by atoms with Gasteiger partial charge in [0.2, 0.25) is 5.91 Å². The number of nitrogens with zero attached hydrogens (tertiary/aromatic N) is 1. The van der Waals surface area contributed by atoms with Gasteiger partial charge in [-0.25, -0.2) is 4.39 Å². The first-order valence-electron chi connectivity index (χ1n) is 11.2. The Labute approximate surface area is 186 Å². The highest BCUT2D eigenvalue weighted by molar-refractivity contribution is 7.87. The quantitative estimate of drug-likeness (QED) is 0.496. The molecule has 7 rings (SSSR count). The standard InChI is InChI=1S/C25H24FNO4S/c26-20-1-4-22(5-2-20)32(29,30)31-21-3-6-23-19(12-21)7-8-27(23)24(28)25-13-16-9-17(14-25)11-18(10-16)15-25/h1-8,12,16-18H,9-11,13-15H2. The molecule has 4 fully saturated rings. The van der Waals surface area contributed by atoms with Crippen LogP contribution in [0.1, 0.15) is 43.3 Å². The predicted molar refractivity (Wildman–Crippen MR) is 117 cm³/mol. The zero-order chi connectivity index (χ0) is 22.1. The largest absolute Gasteiger partial charge is 0.379 e. The first-order valence-corrected chi connectivity index (χ1v) is 12.6. The van der Waals surface area contributed by atoms with Crippen LogP contribution in [0.4, 0.5) is 4.39 Å². The summed E-state index contributed by atoms with van der Waals surface area (Å²) in [6, 6.07) is 11.2. The van der Waals surface area contributed by atoms with Gasteiger partial charge in [0.25, 0.3) is 0 Å². The molecular weight excluding hydrogens is 429 g/mol. The number of rotatable bonds is 4. The second kappa shape index (κ2) is 6.91. The molecular formula is C25H24FNO4S. The number of benzene rings is 2. The van der Waals surface area contributed by atoms with E-state index in [1.165, 1.54) is 31.4 Å². The highest BCUT2D eigenvalue weighted by Crippen LogP contribution is 2.60. The summed E-state index contributed by atoms with van der Waals surface area (Å²) in [6.45, 7) is 0. The van der Waals surface area contributed by atoms with E-state index < -0.39 is 15.9 Å². The number of halogens is 1. The molecule has 0 N–H and O–H groups in total. The minimum absolute atomic E-state index is 0.117. The van der Waals surface area contributed by atoms with E-state index in [0.717, 1.165) is 42.3 Å². The Morgan fingerprint density at radius 2 is 1.56 bits per heavy atom. The maximum atomic E-state index is 13.7. The molecule has 0 amide bonds. The topological polar surface area (TPSA) is 65.4 Å². The summed E-state index contributed by atoms with van der Waals surface area (Å²) in [5, 5.41) is 0.745. The first-order chi connectivity index (χ1) is 15.3. The van der Waals surface area contributed by atoms with E-state index in [2.05, 4.69) is 0 Å².